The lowest BCUT2D eigenvalue weighted by Gasteiger charge is -2.16. The molecule has 0 unspecified atom stereocenters. The summed E-state index contributed by atoms with van der Waals surface area (Å²) in [6.45, 7) is 0. The smallest absolute Gasteiger partial charge is 0.161 e. The van der Waals surface area contributed by atoms with Gasteiger partial charge >= 0.3 is 0 Å². The van der Waals surface area contributed by atoms with E-state index in [-0.39, 0.29) is 0 Å². The topological polar surface area (TPSA) is 25.8 Å². The molecule has 0 fully saturated rings. The molecular formula is C34H18N2S2. The average Bonchev–Trinajstić information content (AvgIpc) is 3.37. The van der Waals surface area contributed by atoms with Crippen LogP contribution in [0, 0.1) is 0 Å². The molecular weight excluding hydrogens is 501 g/mol. The van der Waals surface area contributed by atoms with Gasteiger partial charge in [-0.3, -0.25) is 0 Å². The van der Waals surface area contributed by atoms with Gasteiger partial charge < -0.3 is 0 Å². The largest absolute Gasteiger partial charge is 0.228 e. The number of thiophene rings is 1. The van der Waals surface area contributed by atoms with Crippen molar-refractivity contribution in [3.05, 3.63) is 109 Å². The molecule has 0 saturated heterocycles. The monoisotopic (exact) mass is 518 g/mol. The molecule has 0 saturated carbocycles. The minimum atomic E-state index is 0.782. The molecule has 8 aromatic rings. The van der Waals surface area contributed by atoms with Gasteiger partial charge in [-0.1, -0.05) is 84.6 Å². The zero-order valence-electron chi connectivity index (χ0n) is 20.1. The van der Waals surface area contributed by atoms with Gasteiger partial charge in [-0.25, -0.2) is 9.97 Å². The first-order chi connectivity index (χ1) is 18.8. The van der Waals surface area contributed by atoms with E-state index in [1.54, 1.807) is 0 Å². The van der Waals surface area contributed by atoms with Gasteiger partial charge in [0.15, 0.2) is 5.82 Å². The predicted molar refractivity (Wildman–Crippen MR) is 162 cm³/mol. The molecule has 3 heterocycles. The minimum absolute atomic E-state index is 0.782. The van der Waals surface area contributed by atoms with E-state index >= 15 is 0 Å². The molecule has 0 spiro atoms. The number of fused-ring (bicyclic) bond motifs is 2. The van der Waals surface area contributed by atoms with Crippen LogP contribution in [0.5, 0.6) is 0 Å². The second kappa shape index (κ2) is 7.64. The zero-order valence-corrected chi connectivity index (χ0v) is 21.7. The van der Waals surface area contributed by atoms with Gasteiger partial charge in [-0.05, 0) is 52.6 Å². The SMILES string of the molecule is c1ccc2cc(-c3nc(-c4ccc5c6c4sc4ccc7cccc(c7c46)S5)nc4ccccc34)ccc2c1. The Kier molecular flexibility index (Phi) is 4.17. The van der Waals surface area contributed by atoms with Crippen LogP contribution >= 0.6 is 23.1 Å². The normalized spacial score (nSPS) is 12.6. The molecule has 38 heavy (non-hydrogen) atoms. The van der Waals surface area contributed by atoms with Crippen LogP contribution in [0.2, 0.25) is 0 Å². The maximum absolute atomic E-state index is 5.26. The van der Waals surface area contributed by atoms with Crippen molar-refractivity contribution in [2.75, 3.05) is 0 Å². The Morgan fingerprint density at radius 1 is 0.553 bits per heavy atom. The van der Waals surface area contributed by atoms with Gasteiger partial charge in [0.1, 0.15) is 0 Å². The third-order valence-electron chi connectivity index (χ3n) is 7.64. The standard InChI is InChI=1S/C34H18N2S2/c1-2-7-21-18-22(13-12-19(21)6-1)32-23-9-3-4-10-25(23)35-34(36-32)24-15-17-28-31-30-27(38-33(24)31)16-14-20-8-5-11-26(37-28)29(20)30/h1-18H. The summed E-state index contributed by atoms with van der Waals surface area (Å²) in [6, 6.07) is 39.1. The summed E-state index contributed by atoms with van der Waals surface area (Å²) in [6.07, 6.45) is 0. The van der Waals surface area contributed by atoms with Crippen LogP contribution in [0.25, 0.3) is 75.3 Å². The summed E-state index contributed by atoms with van der Waals surface area (Å²) in [5, 5.41) is 8.93. The van der Waals surface area contributed by atoms with E-state index < -0.39 is 0 Å². The van der Waals surface area contributed by atoms with Gasteiger partial charge in [0.25, 0.3) is 0 Å². The lowest BCUT2D eigenvalue weighted by Crippen LogP contribution is -1.96. The molecule has 2 nitrogen and oxygen atoms in total. The van der Waals surface area contributed by atoms with Crippen LogP contribution in [0.15, 0.2) is 119 Å². The van der Waals surface area contributed by atoms with E-state index in [0.717, 1.165) is 33.5 Å². The third kappa shape index (κ3) is 2.84. The molecule has 0 N–H and O–H groups in total. The number of hydrogen-bond acceptors (Lipinski definition) is 4. The number of aromatic nitrogens is 2. The molecule has 2 aromatic heterocycles. The number of nitrogens with zero attached hydrogens (tertiary/aromatic N) is 2. The zero-order chi connectivity index (χ0) is 24.8. The maximum Gasteiger partial charge on any atom is 0.161 e. The Hall–Kier alpha value is -4.25. The van der Waals surface area contributed by atoms with Crippen molar-refractivity contribution in [1.82, 2.24) is 9.97 Å². The quantitative estimate of drug-likeness (QED) is 0.228. The highest BCUT2D eigenvalue weighted by Crippen LogP contribution is 2.53. The number of hydrogen-bond donors (Lipinski definition) is 0. The fourth-order valence-corrected chi connectivity index (χ4v) is 8.35. The first-order valence-corrected chi connectivity index (χ1v) is 14.3. The van der Waals surface area contributed by atoms with Gasteiger partial charge in [0.05, 0.1) is 11.2 Å². The number of benzene rings is 6. The maximum atomic E-state index is 5.26. The highest BCUT2D eigenvalue weighted by atomic mass is 32.2. The summed E-state index contributed by atoms with van der Waals surface area (Å²) in [5.74, 6) is 0.782. The lowest BCUT2D eigenvalue weighted by atomic mass is 10.0. The summed E-state index contributed by atoms with van der Waals surface area (Å²) >= 11 is 3.74. The third-order valence-corrected chi connectivity index (χ3v) is 9.95. The molecule has 0 aliphatic carbocycles. The second-order valence-corrected chi connectivity index (χ2v) is 11.9. The van der Waals surface area contributed by atoms with Crippen molar-refractivity contribution in [3.8, 4) is 22.6 Å². The lowest BCUT2D eigenvalue weighted by molar-refractivity contribution is 1.23. The average molecular weight is 519 g/mol. The van der Waals surface area contributed by atoms with Crippen molar-refractivity contribution in [2.45, 2.75) is 9.79 Å². The van der Waals surface area contributed by atoms with Gasteiger partial charge in [0.2, 0.25) is 0 Å². The van der Waals surface area contributed by atoms with Crippen LogP contribution < -0.4 is 0 Å². The second-order valence-electron chi connectivity index (χ2n) is 9.79. The van der Waals surface area contributed by atoms with Crippen LogP contribution in [0.1, 0.15) is 0 Å². The van der Waals surface area contributed by atoms with Gasteiger partial charge in [-0.2, -0.15) is 0 Å². The van der Waals surface area contributed by atoms with Crippen molar-refractivity contribution in [3.63, 3.8) is 0 Å². The summed E-state index contributed by atoms with van der Waals surface area (Å²) in [5.41, 5.74) is 4.16. The van der Waals surface area contributed by atoms with Crippen LogP contribution in [0.3, 0.4) is 0 Å². The highest BCUT2D eigenvalue weighted by Gasteiger charge is 2.23. The van der Waals surface area contributed by atoms with E-state index in [4.69, 9.17) is 9.97 Å². The fourth-order valence-electron chi connectivity index (χ4n) is 5.90. The van der Waals surface area contributed by atoms with Gasteiger partial charge in [0, 0.05) is 51.9 Å². The van der Waals surface area contributed by atoms with Crippen molar-refractivity contribution >= 4 is 75.7 Å². The Morgan fingerprint density at radius 3 is 2.34 bits per heavy atom. The first kappa shape index (κ1) is 20.8. The van der Waals surface area contributed by atoms with Gasteiger partial charge in [-0.15, -0.1) is 11.3 Å². The Balaban J connectivity index is 1.36. The Morgan fingerprint density at radius 2 is 1.37 bits per heavy atom. The first-order valence-electron chi connectivity index (χ1n) is 12.7. The summed E-state index contributed by atoms with van der Waals surface area (Å²) in [4.78, 5) is 13.0. The molecule has 0 radical (unpaired) electrons. The molecule has 0 bridgehead atoms. The van der Waals surface area contributed by atoms with Crippen LogP contribution in [0.4, 0.5) is 0 Å². The van der Waals surface area contributed by atoms with E-state index in [9.17, 15) is 0 Å². The summed E-state index contributed by atoms with van der Waals surface area (Å²) in [7, 11) is 0. The predicted octanol–water partition coefficient (Wildman–Crippen LogP) is 10.1. The van der Waals surface area contributed by atoms with Crippen molar-refractivity contribution in [1.29, 1.82) is 0 Å². The molecule has 0 amide bonds. The molecule has 4 heteroatoms. The molecule has 0 atom stereocenters. The molecule has 6 aromatic carbocycles. The molecule has 1 aliphatic rings. The molecule has 1 aliphatic heterocycles. The van der Waals surface area contributed by atoms with Crippen LogP contribution in [-0.4, -0.2) is 9.97 Å². The number of para-hydroxylation sites is 1. The Bertz CT molecular complexity index is 2280. The van der Waals surface area contributed by atoms with E-state index in [2.05, 4.69) is 109 Å². The molecule has 9 rings (SSSR count). The summed E-state index contributed by atoms with van der Waals surface area (Å²) < 4.78 is 2.59. The van der Waals surface area contributed by atoms with Crippen molar-refractivity contribution in [2.24, 2.45) is 0 Å². The Labute approximate surface area is 226 Å². The van der Waals surface area contributed by atoms with Crippen LogP contribution in [-0.2, 0) is 0 Å². The highest BCUT2D eigenvalue weighted by molar-refractivity contribution is 8.00. The fraction of sp³-hybridized carbons (Fsp3) is 0. The molecule has 176 valence electrons. The minimum Gasteiger partial charge on any atom is -0.228 e. The van der Waals surface area contributed by atoms with Crippen molar-refractivity contribution < 1.29 is 0 Å². The van der Waals surface area contributed by atoms with E-state index in [1.807, 2.05) is 23.1 Å². The number of rotatable bonds is 2. The van der Waals surface area contributed by atoms with E-state index in [0.29, 0.717) is 0 Å². The van der Waals surface area contributed by atoms with E-state index in [1.165, 1.54) is 51.5 Å².